The van der Waals surface area contributed by atoms with Crippen LogP contribution >= 0.6 is 0 Å². The predicted octanol–water partition coefficient (Wildman–Crippen LogP) is 2.30. The summed E-state index contributed by atoms with van der Waals surface area (Å²) in [4.78, 5) is 15.1. The van der Waals surface area contributed by atoms with Gasteiger partial charge in [-0.05, 0) is 45.7 Å². The summed E-state index contributed by atoms with van der Waals surface area (Å²) in [5, 5.41) is 0. The summed E-state index contributed by atoms with van der Waals surface area (Å²) in [6, 6.07) is 9.89. The zero-order valence-corrected chi connectivity index (χ0v) is 16.1. The van der Waals surface area contributed by atoms with Gasteiger partial charge in [0.1, 0.15) is 0 Å². The zero-order valence-electron chi connectivity index (χ0n) is 15.1. The van der Waals surface area contributed by atoms with Gasteiger partial charge >= 0.3 is 9.05 Å². The largest absolute Gasteiger partial charge is 0.764 e. The van der Waals surface area contributed by atoms with E-state index in [1.807, 2.05) is 30.3 Å². The van der Waals surface area contributed by atoms with Crippen molar-refractivity contribution in [1.29, 1.82) is 0 Å². The maximum Gasteiger partial charge on any atom is 0.764 e. The van der Waals surface area contributed by atoms with Gasteiger partial charge in [-0.1, -0.05) is 30.3 Å². The monoisotopic (exact) mass is 375 g/mol. The molecule has 0 aliphatic rings. The summed E-state index contributed by atoms with van der Waals surface area (Å²) in [5.74, 6) is 0. The second-order valence-corrected chi connectivity index (χ2v) is 6.71. The van der Waals surface area contributed by atoms with E-state index in [4.69, 9.17) is 38.6 Å². The van der Waals surface area contributed by atoms with Crippen LogP contribution in [0.5, 0.6) is 0 Å². The molecule has 0 fully saturated rings. The van der Waals surface area contributed by atoms with E-state index in [0.717, 1.165) is 5.56 Å². The van der Waals surface area contributed by atoms with E-state index in [1.54, 1.807) is 20.8 Å². The fraction of sp³-hybridized carbons (Fsp3) is 0.625. The number of hydrogen-bond acceptors (Lipinski definition) is 8. The minimum Gasteiger partial charge on any atom is -0.344 e. The molecule has 0 amide bonds. The van der Waals surface area contributed by atoms with Crippen molar-refractivity contribution < 1.29 is 32.8 Å². The lowest BCUT2D eigenvalue weighted by atomic mass is 10.1. The molecule has 8 nitrogen and oxygen atoms in total. The highest BCUT2D eigenvalue weighted by Gasteiger charge is 2.54. The van der Waals surface area contributed by atoms with Crippen LogP contribution in [0, 0.1) is 0 Å². The molecule has 0 spiro atoms. The zero-order chi connectivity index (χ0) is 18.4. The Morgan fingerprint density at radius 2 is 1.40 bits per heavy atom. The number of benzene rings is 1. The minimum absolute atomic E-state index is 0.281. The third-order valence-corrected chi connectivity index (χ3v) is 4.53. The molecule has 1 atom stereocenters. The van der Waals surface area contributed by atoms with Crippen LogP contribution in [-0.2, 0) is 39.2 Å². The van der Waals surface area contributed by atoms with E-state index >= 15 is 0 Å². The normalized spacial score (nSPS) is 13.1. The molecule has 1 rings (SSSR count). The van der Waals surface area contributed by atoms with Gasteiger partial charge in [-0.2, -0.15) is 13.7 Å². The summed E-state index contributed by atoms with van der Waals surface area (Å²) in [7, 11) is -3.83. The van der Waals surface area contributed by atoms with Crippen molar-refractivity contribution in [2.24, 2.45) is 5.73 Å². The van der Waals surface area contributed by atoms with E-state index in [9.17, 15) is 0 Å². The fourth-order valence-corrected chi connectivity index (χ4v) is 3.56. The van der Waals surface area contributed by atoms with Gasteiger partial charge in [-0.3, -0.25) is 0 Å². The Morgan fingerprint density at radius 1 is 0.880 bits per heavy atom. The highest BCUT2D eigenvalue weighted by molar-refractivity contribution is 6.52. The molecule has 144 valence electrons. The summed E-state index contributed by atoms with van der Waals surface area (Å²) >= 11 is 0. The van der Waals surface area contributed by atoms with Crippen molar-refractivity contribution in [3.63, 3.8) is 0 Å². The van der Waals surface area contributed by atoms with Crippen LogP contribution in [-0.4, -0.2) is 41.5 Å². The summed E-state index contributed by atoms with van der Waals surface area (Å²) < 4.78 is 21.8. The molecule has 0 bridgehead atoms. The first kappa shape index (κ1) is 22.2. The van der Waals surface area contributed by atoms with Crippen LogP contribution in [0.25, 0.3) is 0 Å². The summed E-state index contributed by atoms with van der Waals surface area (Å²) in [6.07, 6.45) is 0.859. The van der Waals surface area contributed by atoms with Gasteiger partial charge in [0.25, 0.3) is 0 Å². The molecule has 2 N–H and O–H groups in total. The lowest BCUT2D eigenvalue weighted by molar-refractivity contribution is -0.388. The first-order chi connectivity index (χ1) is 12.2. The standard InChI is InChI=1S/C16H29NO7Si/c1-4-18-22-25(23-19-5-2,24-20-6-3)21-16(12-13-17)14-15-10-8-7-9-11-15/h7-11,16H,4-6,12-14,17H2,1-3H3. The molecule has 1 unspecified atom stereocenters. The Kier molecular flexibility index (Phi) is 11.8. The summed E-state index contributed by atoms with van der Waals surface area (Å²) in [6.45, 7) is 6.57. The van der Waals surface area contributed by atoms with Crippen molar-refractivity contribution in [3.8, 4) is 0 Å². The molecule has 0 saturated carbocycles. The first-order valence-electron chi connectivity index (χ1n) is 8.53. The molecule has 1 aromatic rings. The van der Waals surface area contributed by atoms with Gasteiger partial charge in [0.2, 0.25) is 0 Å². The molecule has 0 aliphatic heterocycles. The maximum atomic E-state index is 6.01. The molecular weight excluding hydrogens is 346 g/mol. The number of hydrogen-bond donors (Lipinski definition) is 1. The van der Waals surface area contributed by atoms with Gasteiger partial charge in [0.15, 0.2) is 0 Å². The molecule has 25 heavy (non-hydrogen) atoms. The Bertz CT molecular complexity index is 416. The minimum atomic E-state index is -3.83. The Balaban J connectivity index is 2.89. The Hall–Kier alpha value is -0.883. The molecule has 1 aromatic carbocycles. The van der Waals surface area contributed by atoms with Crippen LogP contribution in [0.3, 0.4) is 0 Å². The highest BCUT2D eigenvalue weighted by atomic mass is 28.4. The number of nitrogens with two attached hydrogens (primary N) is 1. The second-order valence-electron chi connectivity index (χ2n) is 4.98. The van der Waals surface area contributed by atoms with Crippen molar-refractivity contribution in [2.45, 2.75) is 39.7 Å². The highest BCUT2D eigenvalue weighted by Crippen LogP contribution is 2.20. The maximum absolute atomic E-state index is 6.01. The van der Waals surface area contributed by atoms with E-state index in [2.05, 4.69) is 0 Å². The van der Waals surface area contributed by atoms with Gasteiger partial charge in [0.05, 0.1) is 25.9 Å². The van der Waals surface area contributed by atoms with Gasteiger partial charge in [0, 0.05) is 0 Å². The first-order valence-corrected chi connectivity index (χ1v) is 10.2. The second kappa shape index (κ2) is 13.3. The van der Waals surface area contributed by atoms with Crippen LogP contribution in [0.4, 0.5) is 0 Å². The molecule has 0 heterocycles. The van der Waals surface area contributed by atoms with Gasteiger partial charge < -0.3 is 10.2 Å². The van der Waals surface area contributed by atoms with Crippen LogP contribution < -0.4 is 5.73 Å². The Morgan fingerprint density at radius 3 is 1.84 bits per heavy atom. The van der Waals surface area contributed by atoms with Gasteiger partial charge in [-0.15, -0.1) is 0 Å². The predicted molar refractivity (Wildman–Crippen MR) is 92.6 cm³/mol. The van der Waals surface area contributed by atoms with Crippen LogP contribution in [0.15, 0.2) is 30.3 Å². The smallest absolute Gasteiger partial charge is 0.344 e. The van der Waals surface area contributed by atoms with E-state index < -0.39 is 9.05 Å². The van der Waals surface area contributed by atoms with Gasteiger partial charge in [-0.25, -0.2) is 14.7 Å². The number of rotatable bonds is 15. The fourth-order valence-electron chi connectivity index (χ4n) is 1.96. The SMILES string of the molecule is CCOO[Si](OOCC)(OOCC)OC(CCN)Cc1ccccc1. The Labute approximate surface area is 150 Å². The van der Waals surface area contributed by atoms with E-state index in [-0.39, 0.29) is 25.9 Å². The van der Waals surface area contributed by atoms with Crippen molar-refractivity contribution in [3.05, 3.63) is 35.9 Å². The molecule has 0 saturated heterocycles. The average molecular weight is 375 g/mol. The molecule has 0 aromatic heterocycles. The molecule has 0 radical (unpaired) electrons. The molecule has 0 aliphatic carbocycles. The van der Waals surface area contributed by atoms with Crippen LogP contribution in [0.1, 0.15) is 32.8 Å². The molecule has 9 heteroatoms. The quantitative estimate of drug-likeness (QED) is 0.284. The van der Waals surface area contributed by atoms with Crippen molar-refractivity contribution in [1.82, 2.24) is 0 Å². The summed E-state index contributed by atoms with van der Waals surface area (Å²) in [5.41, 5.74) is 6.81. The van der Waals surface area contributed by atoms with Crippen LogP contribution in [0.2, 0.25) is 0 Å². The topological polar surface area (TPSA) is 90.6 Å². The third kappa shape index (κ3) is 8.86. The van der Waals surface area contributed by atoms with E-state index in [1.165, 1.54) is 0 Å². The lowest BCUT2D eigenvalue weighted by Crippen LogP contribution is -2.52. The lowest BCUT2D eigenvalue weighted by Gasteiger charge is -2.28. The average Bonchev–Trinajstić information content (AvgIpc) is 2.64. The van der Waals surface area contributed by atoms with E-state index in [0.29, 0.717) is 19.4 Å². The van der Waals surface area contributed by atoms with Crippen molar-refractivity contribution >= 4 is 9.05 Å². The van der Waals surface area contributed by atoms with Crippen molar-refractivity contribution in [2.75, 3.05) is 26.4 Å². The third-order valence-electron chi connectivity index (χ3n) is 2.94. The molecular formula is C16H29NO7Si.